The van der Waals surface area contributed by atoms with Gasteiger partial charge in [0.2, 0.25) is 10.0 Å². The van der Waals surface area contributed by atoms with Gasteiger partial charge in [0.25, 0.3) is 0 Å². The third-order valence-corrected chi connectivity index (χ3v) is 4.27. The molecule has 21 heavy (non-hydrogen) atoms. The number of rotatable bonds is 8. The molecule has 1 rings (SSSR count). The lowest BCUT2D eigenvalue weighted by Gasteiger charge is -2.24. The van der Waals surface area contributed by atoms with Crippen molar-refractivity contribution in [2.45, 2.75) is 24.8 Å². The predicted octanol–water partition coefficient (Wildman–Crippen LogP) is 1.45. The fourth-order valence-electron chi connectivity index (χ4n) is 1.89. The van der Waals surface area contributed by atoms with E-state index >= 15 is 0 Å². The summed E-state index contributed by atoms with van der Waals surface area (Å²) in [6, 6.07) is 6.06. The van der Waals surface area contributed by atoms with Crippen LogP contribution in [0.3, 0.4) is 0 Å². The van der Waals surface area contributed by atoms with Crippen LogP contribution >= 0.6 is 0 Å². The Bertz CT molecular complexity index is 611. The van der Waals surface area contributed by atoms with E-state index in [1.807, 2.05) is 0 Å². The van der Waals surface area contributed by atoms with Crippen LogP contribution in [0.1, 0.15) is 13.8 Å². The molecule has 0 radical (unpaired) electrons. The fourth-order valence-corrected chi connectivity index (χ4v) is 3.36. The molecule has 0 bridgehead atoms. The number of aliphatic carboxylic acids is 1. The van der Waals surface area contributed by atoms with Crippen molar-refractivity contribution in [3.8, 4) is 0 Å². The van der Waals surface area contributed by atoms with Gasteiger partial charge in [0, 0.05) is 12.6 Å². The molecule has 1 aromatic rings. The van der Waals surface area contributed by atoms with Crippen LogP contribution < -0.4 is 9.62 Å². The Kier molecular flexibility index (Phi) is 5.92. The van der Waals surface area contributed by atoms with E-state index in [2.05, 4.69) is 11.3 Å². The smallest absolute Gasteiger partial charge is 0.323 e. The highest BCUT2D eigenvalue weighted by Gasteiger charge is 2.22. The van der Waals surface area contributed by atoms with Gasteiger partial charge in [-0.05, 0) is 26.0 Å². The second-order valence-electron chi connectivity index (χ2n) is 4.81. The van der Waals surface area contributed by atoms with Crippen molar-refractivity contribution in [3.63, 3.8) is 0 Å². The van der Waals surface area contributed by atoms with Gasteiger partial charge in [0.1, 0.15) is 11.4 Å². The average Bonchev–Trinajstić information content (AvgIpc) is 2.36. The summed E-state index contributed by atoms with van der Waals surface area (Å²) in [5.41, 5.74) is 0.341. The lowest BCUT2D eigenvalue weighted by Crippen LogP contribution is -2.34. The summed E-state index contributed by atoms with van der Waals surface area (Å²) >= 11 is 0. The van der Waals surface area contributed by atoms with Crippen LogP contribution in [0.15, 0.2) is 41.8 Å². The van der Waals surface area contributed by atoms with Crippen molar-refractivity contribution >= 4 is 21.7 Å². The maximum atomic E-state index is 12.3. The molecular weight excluding hydrogens is 292 g/mol. The summed E-state index contributed by atoms with van der Waals surface area (Å²) in [5.74, 6) is -1.04. The van der Waals surface area contributed by atoms with E-state index in [0.717, 1.165) is 0 Å². The number of anilines is 1. The van der Waals surface area contributed by atoms with Crippen molar-refractivity contribution in [1.29, 1.82) is 0 Å². The minimum Gasteiger partial charge on any atom is -0.480 e. The lowest BCUT2D eigenvalue weighted by molar-refractivity contribution is -0.135. The van der Waals surface area contributed by atoms with Crippen molar-refractivity contribution in [1.82, 2.24) is 4.72 Å². The highest BCUT2D eigenvalue weighted by Crippen LogP contribution is 2.25. The van der Waals surface area contributed by atoms with Crippen LogP contribution in [0.2, 0.25) is 0 Å². The Hall–Kier alpha value is -1.86. The van der Waals surface area contributed by atoms with E-state index in [9.17, 15) is 13.2 Å². The Morgan fingerprint density at radius 3 is 2.57 bits per heavy atom. The molecule has 0 aliphatic rings. The number of carbonyl (C=O) groups is 1. The Labute approximate surface area is 125 Å². The lowest BCUT2D eigenvalue weighted by atomic mass is 10.3. The molecule has 0 aromatic heterocycles. The molecule has 1 aromatic carbocycles. The second kappa shape index (κ2) is 7.24. The standard InChI is InChI=1S/C14H20N2O4S/c1-4-9-16(10-14(17)18)12-7-5-6-8-13(12)21(19,20)15-11(2)3/h4-8,11,15H,1,9-10H2,2-3H3,(H,17,18). The van der Waals surface area contributed by atoms with Crippen LogP contribution in [0, 0.1) is 0 Å². The van der Waals surface area contributed by atoms with Gasteiger partial charge in [-0.2, -0.15) is 0 Å². The molecule has 0 atom stereocenters. The van der Waals surface area contributed by atoms with Gasteiger partial charge in [0.05, 0.1) is 5.69 Å². The molecular formula is C14H20N2O4S. The SMILES string of the molecule is C=CCN(CC(=O)O)c1ccccc1S(=O)(=O)NC(C)C. The highest BCUT2D eigenvalue weighted by molar-refractivity contribution is 7.89. The monoisotopic (exact) mass is 312 g/mol. The largest absolute Gasteiger partial charge is 0.480 e. The Morgan fingerprint density at radius 1 is 1.43 bits per heavy atom. The van der Waals surface area contributed by atoms with E-state index in [4.69, 9.17) is 5.11 Å². The normalized spacial score (nSPS) is 11.4. The number of nitrogens with zero attached hydrogens (tertiary/aromatic N) is 1. The van der Waals surface area contributed by atoms with E-state index in [1.54, 1.807) is 32.0 Å². The number of hydrogen-bond donors (Lipinski definition) is 2. The average molecular weight is 312 g/mol. The van der Waals surface area contributed by atoms with Gasteiger partial charge < -0.3 is 10.0 Å². The van der Waals surface area contributed by atoms with Crippen LogP contribution in [0.25, 0.3) is 0 Å². The molecule has 0 saturated heterocycles. The number of para-hydroxylation sites is 1. The minimum absolute atomic E-state index is 0.0572. The summed E-state index contributed by atoms with van der Waals surface area (Å²) in [6.07, 6.45) is 1.53. The molecule has 6 nitrogen and oxygen atoms in total. The molecule has 7 heteroatoms. The summed E-state index contributed by atoms with van der Waals surface area (Å²) < 4.78 is 27.2. The molecule has 0 amide bonds. The number of nitrogens with one attached hydrogen (secondary N) is 1. The zero-order chi connectivity index (χ0) is 16.0. The Morgan fingerprint density at radius 2 is 2.05 bits per heavy atom. The zero-order valence-electron chi connectivity index (χ0n) is 12.1. The minimum atomic E-state index is -3.71. The van der Waals surface area contributed by atoms with E-state index in [0.29, 0.717) is 5.69 Å². The van der Waals surface area contributed by atoms with Crippen molar-refractivity contribution in [3.05, 3.63) is 36.9 Å². The van der Waals surface area contributed by atoms with Crippen LogP contribution in [-0.2, 0) is 14.8 Å². The third kappa shape index (κ3) is 4.87. The number of carboxylic acids is 1. The van der Waals surface area contributed by atoms with Gasteiger partial charge >= 0.3 is 5.97 Å². The first-order valence-corrected chi connectivity index (χ1v) is 7.95. The summed E-state index contributed by atoms with van der Waals surface area (Å²) in [4.78, 5) is 12.5. The Balaban J connectivity index is 3.30. The molecule has 0 fully saturated rings. The van der Waals surface area contributed by atoms with E-state index in [-0.39, 0.29) is 24.0 Å². The second-order valence-corrected chi connectivity index (χ2v) is 6.49. The number of carboxylic acid groups (broad SMARTS) is 1. The van der Waals surface area contributed by atoms with Gasteiger partial charge in [-0.15, -0.1) is 6.58 Å². The summed E-state index contributed by atoms with van der Waals surface area (Å²) in [5, 5.41) is 8.97. The van der Waals surface area contributed by atoms with E-state index < -0.39 is 16.0 Å². The van der Waals surface area contributed by atoms with Crippen LogP contribution in [0.5, 0.6) is 0 Å². The van der Waals surface area contributed by atoms with Crippen molar-refractivity contribution in [2.75, 3.05) is 18.0 Å². The molecule has 2 N–H and O–H groups in total. The first-order chi connectivity index (χ1) is 9.77. The van der Waals surface area contributed by atoms with Gasteiger partial charge in [-0.1, -0.05) is 18.2 Å². The number of hydrogen-bond acceptors (Lipinski definition) is 4. The van der Waals surface area contributed by atoms with Crippen LogP contribution in [0.4, 0.5) is 5.69 Å². The number of sulfonamides is 1. The molecule has 0 aliphatic carbocycles. The maximum Gasteiger partial charge on any atom is 0.323 e. The maximum absolute atomic E-state index is 12.3. The van der Waals surface area contributed by atoms with Gasteiger partial charge in [-0.25, -0.2) is 13.1 Å². The third-order valence-electron chi connectivity index (χ3n) is 2.56. The highest BCUT2D eigenvalue weighted by atomic mass is 32.2. The van der Waals surface area contributed by atoms with Crippen molar-refractivity contribution < 1.29 is 18.3 Å². The molecule has 0 heterocycles. The first-order valence-electron chi connectivity index (χ1n) is 6.47. The molecule has 0 unspecified atom stereocenters. The molecule has 0 spiro atoms. The quantitative estimate of drug-likeness (QED) is 0.710. The van der Waals surface area contributed by atoms with E-state index in [1.165, 1.54) is 17.0 Å². The number of benzene rings is 1. The van der Waals surface area contributed by atoms with Gasteiger partial charge in [0.15, 0.2) is 0 Å². The summed E-state index contributed by atoms with van der Waals surface area (Å²) in [6.45, 7) is 6.95. The fraction of sp³-hybridized carbons (Fsp3) is 0.357. The molecule has 116 valence electrons. The topological polar surface area (TPSA) is 86.7 Å². The summed E-state index contributed by atoms with van der Waals surface area (Å²) in [7, 11) is -3.71. The van der Waals surface area contributed by atoms with Crippen LogP contribution in [-0.4, -0.2) is 38.6 Å². The first kappa shape index (κ1) is 17.2. The predicted molar refractivity (Wildman–Crippen MR) is 81.9 cm³/mol. The zero-order valence-corrected chi connectivity index (χ0v) is 12.9. The van der Waals surface area contributed by atoms with Crippen molar-refractivity contribution in [2.24, 2.45) is 0 Å². The molecule has 0 saturated carbocycles. The van der Waals surface area contributed by atoms with Gasteiger partial charge in [-0.3, -0.25) is 4.79 Å². The molecule has 0 aliphatic heterocycles.